The summed E-state index contributed by atoms with van der Waals surface area (Å²) < 4.78 is 6.04. The second kappa shape index (κ2) is 5.45. The number of nitrogens with zero attached hydrogens (tertiary/aromatic N) is 1. The number of hydrogen-bond donors (Lipinski definition) is 1. The van der Waals surface area contributed by atoms with Crippen molar-refractivity contribution in [2.75, 3.05) is 0 Å². The molecule has 0 radical (unpaired) electrons. The molecule has 1 aromatic heterocycles. The van der Waals surface area contributed by atoms with E-state index in [1.165, 1.54) is 12.8 Å². The molecule has 0 bridgehead atoms. The van der Waals surface area contributed by atoms with Crippen LogP contribution in [0.2, 0.25) is 0 Å². The van der Waals surface area contributed by atoms with Crippen LogP contribution in [-0.2, 0) is 0 Å². The van der Waals surface area contributed by atoms with E-state index < -0.39 is 0 Å². The fourth-order valence-corrected chi connectivity index (χ4v) is 2.82. The highest BCUT2D eigenvalue weighted by molar-refractivity contribution is 7.80. The van der Waals surface area contributed by atoms with E-state index in [1.54, 1.807) is 6.20 Å². The van der Waals surface area contributed by atoms with E-state index in [4.69, 9.17) is 22.7 Å². The van der Waals surface area contributed by atoms with Crippen LogP contribution < -0.4 is 10.5 Å². The van der Waals surface area contributed by atoms with Crippen molar-refractivity contribution in [1.82, 2.24) is 4.98 Å². The van der Waals surface area contributed by atoms with Gasteiger partial charge in [0.2, 0.25) is 5.88 Å². The Morgan fingerprint density at radius 2 is 2.05 bits per heavy atom. The monoisotopic (exact) mass is 278 g/mol. The smallest absolute Gasteiger partial charge is 0.224 e. The van der Waals surface area contributed by atoms with Crippen LogP contribution in [0.15, 0.2) is 12.3 Å². The van der Waals surface area contributed by atoms with Gasteiger partial charge in [0.1, 0.15) is 11.1 Å². The fourth-order valence-electron chi connectivity index (χ4n) is 2.57. The highest BCUT2D eigenvalue weighted by Crippen LogP contribution is 2.36. The molecule has 0 spiro atoms. The Hall–Kier alpha value is -1.16. The van der Waals surface area contributed by atoms with E-state index in [1.807, 2.05) is 13.0 Å². The maximum atomic E-state index is 6.04. The summed E-state index contributed by atoms with van der Waals surface area (Å²) in [5.41, 5.74) is 8.01. The van der Waals surface area contributed by atoms with Gasteiger partial charge in [0.25, 0.3) is 0 Å². The topological polar surface area (TPSA) is 48.1 Å². The molecule has 2 N–H and O–H groups in total. The molecule has 4 heteroatoms. The van der Waals surface area contributed by atoms with Crippen molar-refractivity contribution in [3.8, 4) is 5.88 Å². The molecule has 1 fully saturated rings. The van der Waals surface area contributed by atoms with Crippen molar-refractivity contribution in [3.63, 3.8) is 0 Å². The lowest BCUT2D eigenvalue weighted by Gasteiger charge is -2.34. The predicted molar refractivity (Wildman–Crippen MR) is 81.5 cm³/mol. The van der Waals surface area contributed by atoms with Crippen LogP contribution in [0, 0.1) is 12.3 Å². The first-order valence-electron chi connectivity index (χ1n) is 6.81. The standard InChI is InChI=1S/C15H22N2OS/c1-10-6-9-17-14(12(10)13(16)19)18-11-4-7-15(2,3)8-5-11/h6,9,11H,4-5,7-8H2,1-3H3,(H2,16,19). The van der Waals surface area contributed by atoms with Gasteiger partial charge in [-0.05, 0) is 49.7 Å². The predicted octanol–water partition coefficient (Wildman–Crippen LogP) is 3.37. The summed E-state index contributed by atoms with van der Waals surface area (Å²) in [5.74, 6) is 0.595. The summed E-state index contributed by atoms with van der Waals surface area (Å²) in [6.45, 7) is 6.61. The second-order valence-electron chi connectivity index (χ2n) is 6.15. The van der Waals surface area contributed by atoms with Crippen LogP contribution in [0.3, 0.4) is 0 Å². The van der Waals surface area contributed by atoms with Gasteiger partial charge in [-0.2, -0.15) is 0 Å². The van der Waals surface area contributed by atoms with Crippen molar-refractivity contribution < 1.29 is 4.74 Å². The van der Waals surface area contributed by atoms with Gasteiger partial charge in [0, 0.05) is 6.20 Å². The first-order chi connectivity index (χ1) is 8.89. The first kappa shape index (κ1) is 14.3. The minimum Gasteiger partial charge on any atom is -0.474 e. The average Bonchev–Trinajstić information content (AvgIpc) is 2.31. The van der Waals surface area contributed by atoms with Crippen molar-refractivity contribution in [2.24, 2.45) is 11.1 Å². The lowest BCUT2D eigenvalue weighted by atomic mass is 9.76. The van der Waals surface area contributed by atoms with E-state index in [2.05, 4.69) is 18.8 Å². The molecular weight excluding hydrogens is 256 g/mol. The highest BCUT2D eigenvalue weighted by Gasteiger charge is 2.28. The zero-order valence-corrected chi connectivity index (χ0v) is 12.7. The van der Waals surface area contributed by atoms with E-state index in [9.17, 15) is 0 Å². The molecule has 0 atom stereocenters. The van der Waals surface area contributed by atoms with Crippen LogP contribution in [0.25, 0.3) is 0 Å². The number of thiocarbonyl (C=S) groups is 1. The average molecular weight is 278 g/mol. The number of pyridine rings is 1. The van der Waals surface area contributed by atoms with Crippen LogP contribution in [0.4, 0.5) is 0 Å². The number of rotatable bonds is 3. The van der Waals surface area contributed by atoms with Gasteiger partial charge in [-0.15, -0.1) is 0 Å². The Balaban J connectivity index is 2.12. The van der Waals surface area contributed by atoms with Crippen LogP contribution in [0.5, 0.6) is 5.88 Å². The molecule has 0 aliphatic heterocycles. The third-order valence-corrected chi connectivity index (χ3v) is 4.14. The zero-order valence-electron chi connectivity index (χ0n) is 11.9. The molecule has 1 aliphatic rings. The molecule has 0 aromatic carbocycles. The molecule has 2 rings (SSSR count). The van der Waals surface area contributed by atoms with Crippen molar-refractivity contribution in [2.45, 2.75) is 52.6 Å². The Labute approximate surface area is 120 Å². The lowest BCUT2D eigenvalue weighted by molar-refractivity contribution is 0.0947. The zero-order chi connectivity index (χ0) is 14.0. The van der Waals surface area contributed by atoms with Crippen LogP contribution in [0.1, 0.15) is 50.7 Å². The summed E-state index contributed by atoms with van der Waals surface area (Å²) in [4.78, 5) is 4.66. The maximum absolute atomic E-state index is 6.04. The lowest BCUT2D eigenvalue weighted by Crippen LogP contribution is -2.29. The number of ether oxygens (including phenoxy) is 1. The normalized spacial score (nSPS) is 19.1. The van der Waals surface area contributed by atoms with Crippen molar-refractivity contribution in [1.29, 1.82) is 0 Å². The molecule has 1 saturated carbocycles. The molecule has 104 valence electrons. The van der Waals surface area contributed by atoms with Gasteiger partial charge in [0.05, 0.1) is 5.56 Å². The van der Waals surface area contributed by atoms with Gasteiger partial charge < -0.3 is 10.5 Å². The van der Waals surface area contributed by atoms with Crippen molar-refractivity contribution >= 4 is 17.2 Å². The molecular formula is C15H22N2OS. The summed E-state index contributed by atoms with van der Waals surface area (Å²) >= 11 is 5.10. The van der Waals surface area contributed by atoms with E-state index in [0.717, 1.165) is 24.0 Å². The number of aryl methyl sites for hydroxylation is 1. The third kappa shape index (κ3) is 3.44. The summed E-state index contributed by atoms with van der Waals surface area (Å²) in [5, 5.41) is 0. The van der Waals surface area contributed by atoms with Gasteiger partial charge in [-0.25, -0.2) is 4.98 Å². The van der Waals surface area contributed by atoms with Gasteiger partial charge in [-0.1, -0.05) is 26.1 Å². The van der Waals surface area contributed by atoms with Crippen molar-refractivity contribution in [3.05, 3.63) is 23.4 Å². The third-order valence-electron chi connectivity index (χ3n) is 3.94. The molecule has 19 heavy (non-hydrogen) atoms. The second-order valence-corrected chi connectivity index (χ2v) is 6.59. The summed E-state index contributed by atoms with van der Waals surface area (Å²) in [6, 6.07) is 1.91. The number of hydrogen-bond acceptors (Lipinski definition) is 3. The van der Waals surface area contributed by atoms with E-state index in [-0.39, 0.29) is 6.10 Å². The molecule has 1 heterocycles. The molecule has 3 nitrogen and oxygen atoms in total. The minimum atomic E-state index is 0.232. The molecule has 0 saturated heterocycles. The quantitative estimate of drug-likeness (QED) is 0.861. The number of aromatic nitrogens is 1. The summed E-state index contributed by atoms with van der Waals surface area (Å²) in [6.07, 6.45) is 6.49. The minimum absolute atomic E-state index is 0.232. The molecule has 0 unspecified atom stereocenters. The Morgan fingerprint density at radius 3 is 2.63 bits per heavy atom. The fraction of sp³-hybridized carbons (Fsp3) is 0.600. The molecule has 0 amide bonds. The van der Waals surface area contributed by atoms with Crippen LogP contribution in [-0.4, -0.2) is 16.1 Å². The highest BCUT2D eigenvalue weighted by atomic mass is 32.1. The summed E-state index contributed by atoms with van der Waals surface area (Å²) in [7, 11) is 0. The number of nitrogens with two attached hydrogens (primary N) is 1. The van der Waals surface area contributed by atoms with E-state index >= 15 is 0 Å². The van der Waals surface area contributed by atoms with Crippen LogP contribution >= 0.6 is 12.2 Å². The Kier molecular flexibility index (Phi) is 4.09. The Morgan fingerprint density at radius 1 is 1.42 bits per heavy atom. The first-order valence-corrected chi connectivity index (χ1v) is 7.22. The molecule has 1 aromatic rings. The SMILES string of the molecule is Cc1ccnc(OC2CCC(C)(C)CC2)c1C(N)=S. The Bertz CT molecular complexity index is 475. The maximum Gasteiger partial charge on any atom is 0.224 e. The molecule has 1 aliphatic carbocycles. The van der Waals surface area contributed by atoms with Gasteiger partial charge in [0.15, 0.2) is 0 Å². The largest absolute Gasteiger partial charge is 0.474 e. The van der Waals surface area contributed by atoms with Gasteiger partial charge >= 0.3 is 0 Å². The van der Waals surface area contributed by atoms with E-state index in [0.29, 0.717) is 16.3 Å². The van der Waals surface area contributed by atoms with Gasteiger partial charge in [-0.3, -0.25) is 0 Å².